The van der Waals surface area contributed by atoms with Crippen LogP contribution in [0.4, 0.5) is 5.69 Å². The van der Waals surface area contributed by atoms with Gasteiger partial charge in [-0.15, -0.1) is 10.2 Å². The minimum absolute atomic E-state index is 0.136. The van der Waals surface area contributed by atoms with Gasteiger partial charge in [-0.2, -0.15) is 0 Å². The number of aryl methyl sites for hydroxylation is 1. The third kappa shape index (κ3) is 4.38. The first-order valence-corrected chi connectivity index (χ1v) is 10.3. The lowest BCUT2D eigenvalue weighted by atomic mass is 10.2. The van der Waals surface area contributed by atoms with E-state index in [2.05, 4.69) is 15.5 Å². The molecule has 0 bridgehead atoms. The zero-order valence-corrected chi connectivity index (χ0v) is 17.3. The van der Waals surface area contributed by atoms with E-state index in [-0.39, 0.29) is 11.7 Å². The van der Waals surface area contributed by atoms with Gasteiger partial charge >= 0.3 is 0 Å². The minimum Gasteiger partial charge on any atom is -0.497 e. The topological polar surface area (TPSA) is 82.2 Å². The summed E-state index contributed by atoms with van der Waals surface area (Å²) >= 11 is 1.31. The van der Waals surface area contributed by atoms with Gasteiger partial charge in [-0.05, 0) is 55.5 Å². The summed E-state index contributed by atoms with van der Waals surface area (Å²) in [5, 5.41) is 12.1. The van der Waals surface area contributed by atoms with Crippen molar-refractivity contribution in [3.63, 3.8) is 0 Å². The minimum atomic E-state index is -0.136. The van der Waals surface area contributed by atoms with Crippen LogP contribution in [0.5, 0.6) is 5.75 Å². The SMILES string of the molecule is COc1ccc(NC(=O)CSc2nnc(-c3ccco3)n2-c2ccc(C)cc2)cc1. The third-order valence-corrected chi connectivity index (χ3v) is 5.30. The van der Waals surface area contributed by atoms with Crippen molar-refractivity contribution in [2.24, 2.45) is 0 Å². The van der Waals surface area contributed by atoms with Crippen LogP contribution in [0.25, 0.3) is 17.3 Å². The van der Waals surface area contributed by atoms with E-state index >= 15 is 0 Å². The van der Waals surface area contributed by atoms with Crippen LogP contribution in [-0.2, 0) is 4.79 Å². The van der Waals surface area contributed by atoms with Crippen LogP contribution >= 0.6 is 11.8 Å². The Morgan fingerprint density at radius 1 is 1.10 bits per heavy atom. The Hall–Kier alpha value is -3.52. The number of anilines is 1. The Balaban J connectivity index is 1.53. The predicted molar refractivity (Wildman–Crippen MR) is 116 cm³/mol. The molecular weight excluding hydrogens is 400 g/mol. The second-order valence-corrected chi connectivity index (χ2v) is 7.46. The fourth-order valence-corrected chi connectivity index (χ4v) is 3.61. The molecule has 0 aliphatic rings. The summed E-state index contributed by atoms with van der Waals surface area (Å²) < 4.78 is 12.5. The molecule has 30 heavy (non-hydrogen) atoms. The molecule has 0 spiro atoms. The van der Waals surface area contributed by atoms with Crippen molar-refractivity contribution in [3.8, 4) is 23.0 Å². The van der Waals surface area contributed by atoms with Crippen LogP contribution in [0.15, 0.2) is 76.5 Å². The number of nitrogens with one attached hydrogen (secondary N) is 1. The van der Waals surface area contributed by atoms with Crippen molar-refractivity contribution < 1.29 is 13.9 Å². The lowest BCUT2D eigenvalue weighted by molar-refractivity contribution is -0.113. The van der Waals surface area contributed by atoms with Crippen LogP contribution in [0.2, 0.25) is 0 Å². The number of methoxy groups -OCH3 is 1. The van der Waals surface area contributed by atoms with E-state index in [9.17, 15) is 4.79 Å². The normalized spacial score (nSPS) is 10.7. The van der Waals surface area contributed by atoms with Crippen LogP contribution in [-0.4, -0.2) is 33.5 Å². The highest BCUT2D eigenvalue weighted by Crippen LogP contribution is 2.28. The van der Waals surface area contributed by atoms with Crippen molar-refractivity contribution in [2.75, 3.05) is 18.2 Å². The first-order chi connectivity index (χ1) is 14.6. The smallest absolute Gasteiger partial charge is 0.234 e. The van der Waals surface area contributed by atoms with E-state index < -0.39 is 0 Å². The van der Waals surface area contributed by atoms with Crippen molar-refractivity contribution in [2.45, 2.75) is 12.1 Å². The summed E-state index contributed by atoms with van der Waals surface area (Å²) in [7, 11) is 1.60. The summed E-state index contributed by atoms with van der Waals surface area (Å²) in [6.07, 6.45) is 1.60. The fraction of sp³-hybridized carbons (Fsp3) is 0.136. The van der Waals surface area contributed by atoms with Gasteiger partial charge in [0, 0.05) is 11.4 Å². The lowest BCUT2D eigenvalue weighted by Crippen LogP contribution is -2.14. The first-order valence-electron chi connectivity index (χ1n) is 9.27. The number of amides is 1. The molecule has 1 N–H and O–H groups in total. The number of ether oxygens (including phenoxy) is 1. The Labute approximate surface area is 178 Å². The van der Waals surface area contributed by atoms with Gasteiger partial charge in [-0.1, -0.05) is 29.5 Å². The number of aromatic nitrogens is 3. The van der Waals surface area contributed by atoms with Crippen LogP contribution in [0.1, 0.15) is 5.56 Å². The molecule has 0 fully saturated rings. The first kappa shape index (κ1) is 19.8. The molecule has 0 aliphatic carbocycles. The van der Waals surface area contributed by atoms with E-state index in [1.165, 1.54) is 11.8 Å². The molecule has 7 nitrogen and oxygen atoms in total. The number of furan rings is 1. The molecule has 0 saturated heterocycles. The summed E-state index contributed by atoms with van der Waals surface area (Å²) in [4.78, 5) is 12.4. The number of carbonyl (C=O) groups is 1. The summed E-state index contributed by atoms with van der Waals surface area (Å²) in [6.45, 7) is 2.03. The monoisotopic (exact) mass is 420 g/mol. The quantitative estimate of drug-likeness (QED) is 0.441. The van der Waals surface area contributed by atoms with E-state index in [0.717, 1.165) is 17.0 Å². The average molecular weight is 420 g/mol. The molecule has 8 heteroatoms. The van der Waals surface area contributed by atoms with Gasteiger partial charge in [0.1, 0.15) is 5.75 Å². The maximum atomic E-state index is 12.4. The largest absolute Gasteiger partial charge is 0.497 e. The molecule has 152 valence electrons. The molecule has 4 aromatic rings. The maximum Gasteiger partial charge on any atom is 0.234 e. The molecule has 0 aliphatic heterocycles. The van der Waals surface area contributed by atoms with Gasteiger partial charge in [0.15, 0.2) is 10.9 Å². The fourth-order valence-electron chi connectivity index (χ4n) is 2.86. The number of benzene rings is 2. The molecule has 2 heterocycles. The van der Waals surface area contributed by atoms with Crippen molar-refractivity contribution in [1.29, 1.82) is 0 Å². The third-order valence-electron chi connectivity index (χ3n) is 4.37. The Bertz CT molecular complexity index is 1120. The second-order valence-electron chi connectivity index (χ2n) is 6.52. The molecular formula is C22H20N4O3S. The Kier molecular flexibility index (Phi) is 5.85. The van der Waals surface area contributed by atoms with Crippen molar-refractivity contribution >= 4 is 23.4 Å². The number of carbonyl (C=O) groups excluding carboxylic acids is 1. The van der Waals surface area contributed by atoms with Crippen LogP contribution in [0.3, 0.4) is 0 Å². The highest BCUT2D eigenvalue weighted by Gasteiger charge is 2.19. The standard InChI is InChI=1S/C22H20N4O3S/c1-15-5-9-17(10-6-15)26-21(19-4-3-13-29-19)24-25-22(26)30-14-20(27)23-16-7-11-18(28-2)12-8-16/h3-13H,14H2,1-2H3,(H,23,27). The summed E-state index contributed by atoms with van der Waals surface area (Å²) in [6, 6.07) is 18.9. The zero-order chi connectivity index (χ0) is 20.9. The Morgan fingerprint density at radius 2 is 1.87 bits per heavy atom. The molecule has 4 rings (SSSR count). The van der Waals surface area contributed by atoms with E-state index in [4.69, 9.17) is 9.15 Å². The predicted octanol–water partition coefficient (Wildman–Crippen LogP) is 4.58. The average Bonchev–Trinajstić information content (AvgIpc) is 3.43. The van der Waals surface area contributed by atoms with Crippen molar-refractivity contribution in [3.05, 3.63) is 72.5 Å². The molecule has 0 saturated carbocycles. The molecule has 2 aromatic heterocycles. The number of nitrogens with zero attached hydrogens (tertiary/aromatic N) is 3. The van der Waals surface area contributed by atoms with Gasteiger partial charge in [0.2, 0.25) is 11.7 Å². The van der Waals surface area contributed by atoms with Gasteiger partial charge in [-0.25, -0.2) is 0 Å². The number of thioether (sulfide) groups is 1. The van der Waals surface area contributed by atoms with E-state index in [0.29, 0.717) is 22.4 Å². The molecule has 0 atom stereocenters. The molecule has 2 aromatic carbocycles. The highest BCUT2D eigenvalue weighted by atomic mass is 32.2. The summed E-state index contributed by atoms with van der Waals surface area (Å²) in [5.41, 5.74) is 2.76. The maximum absolute atomic E-state index is 12.4. The molecule has 0 radical (unpaired) electrons. The summed E-state index contributed by atoms with van der Waals surface area (Å²) in [5.74, 6) is 1.98. The van der Waals surface area contributed by atoms with E-state index in [1.807, 2.05) is 41.8 Å². The highest BCUT2D eigenvalue weighted by molar-refractivity contribution is 7.99. The van der Waals surface area contributed by atoms with Crippen LogP contribution < -0.4 is 10.1 Å². The van der Waals surface area contributed by atoms with E-state index in [1.54, 1.807) is 43.7 Å². The van der Waals surface area contributed by atoms with Gasteiger partial charge in [-0.3, -0.25) is 9.36 Å². The lowest BCUT2D eigenvalue weighted by Gasteiger charge is -2.10. The van der Waals surface area contributed by atoms with Gasteiger partial charge < -0.3 is 14.5 Å². The van der Waals surface area contributed by atoms with Gasteiger partial charge in [0.05, 0.1) is 19.1 Å². The van der Waals surface area contributed by atoms with Crippen LogP contribution in [0, 0.1) is 6.92 Å². The molecule has 1 amide bonds. The zero-order valence-electron chi connectivity index (χ0n) is 16.5. The Morgan fingerprint density at radius 3 is 2.53 bits per heavy atom. The second kappa shape index (κ2) is 8.87. The number of hydrogen-bond donors (Lipinski definition) is 1. The number of hydrogen-bond acceptors (Lipinski definition) is 6. The number of rotatable bonds is 7. The molecule has 0 unspecified atom stereocenters. The van der Waals surface area contributed by atoms with Crippen molar-refractivity contribution in [1.82, 2.24) is 14.8 Å². The van der Waals surface area contributed by atoms with Gasteiger partial charge in [0.25, 0.3) is 0 Å².